The second-order valence-electron chi connectivity index (χ2n) is 5.74. The van der Waals surface area contributed by atoms with Crippen LogP contribution in [-0.4, -0.2) is 17.3 Å². The van der Waals surface area contributed by atoms with Crippen molar-refractivity contribution in [2.45, 2.75) is 45.1 Å². The molecule has 0 radical (unpaired) electrons. The van der Waals surface area contributed by atoms with Crippen LogP contribution in [0.2, 0.25) is 0 Å². The molecule has 0 fully saturated rings. The predicted octanol–water partition coefficient (Wildman–Crippen LogP) is 3.04. The van der Waals surface area contributed by atoms with Crippen LogP contribution in [0.3, 0.4) is 0 Å². The maximum Gasteiger partial charge on any atom is 0.0756 e. The second kappa shape index (κ2) is 4.95. The van der Waals surface area contributed by atoms with Crippen molar-refractivity contribution in [3.63, 3.8) is 0 Å². The lowest BCUT2D eigenvalue weighted by Crippen LogP contribution is -2.53. The molecule has 2 rings (SSSR count). The third-order valence-electron chi connectivity index (χ3n) is 4.81. The van der Waals surface area contributed by atoms with Crippen LogP contribution in [-0.2, 0) is 12.8 Å². The highest BCUT2D eigenvalue weighted by molar-refractivity contribution is 9.10. The summed E-state index contributed by atoms with van der Waals surface area (Å²) < 4.78 is 1.11. The van der Waals surface area contributed by atoms with Crippen LogP contribution in [0.5, 0.6) is 0 Å². The van der Waals surface area contributed by atoms with Gasteiger partial charge in [0.05, 0.1) is 5.60 Å². The fourth-order valence-electron chi connectivity index (χ4n) is 2.92. The van der Waals surface area contributed by atoms with Crippen LogP contribution in [0.4, 0.5) is 0 Å². The highest BCUT2D eigenvalue weighted by Crippen LogP contribution is 2.43. The maximum atomic E-state index is 11.0. The fraction of sp³-hybridized carbons (Fsp3) is 0.600. The molecule has 3 N–H and O–H groups in total. The first kappa shape index (κ1) is 14.0. The molecule has 1 aliphatic carbocycles. The quantitative estimate of drug-likeness (QED) is 0.901. The van der Waals surface area contributed by atoms with Crippen molar-refractivity contribution in [2.75, 3.05) is 6.54 Å². The lowest BCUT2D eigenvalue weighted by molar-refractivity contribution is -0.0836. The van der Waals surface area contributed by atoms with Crippen LogP contribution >= 0.6 is 15.9 Å². The summed E-state index contributed by atoms with van der Waals surface area (Å²) in [5.41, 5.74) is 7.66. The van der Waals surface area contributed by atoms with Crippen LogP contribution < -0.4 is 5.73 Å². The first-order valence-corrected chi connectivity index (χ1v) is 7.43. The van der Waals surface area contributed by atoms with Gasteiger partial charge in [-0.3, -0.25) is 0 Å². The SMILES string of the molecule is CCC(C)(CN)C1(O)CCc2cc(Br)ccc2C1. The van der Waals surface area contributed by atoms with Crippen molar-refractivity contribution in [3.05, 3.63) is 33.8 Å². The molecule has 18 heavy (non-hydrogen) atoms. The van der Waals surface area contributed by atoms with Gasteiger partial charge in [-0.25, -0.2) is 0 Å². The largest absolute Gasteiger partial charge is 0.389 e. The van der Waals surface area contributed by atoms with Crippen molar-refractivity contribution in [1.82, 2.24) is 0 Å². The van der Waals surface area contributed by atoms with Crippen molar-refractivity contribution in [3.8, 4) is 0 Å². The van der Waals surface area contributed by atoms with E-state index in [1.165, 1.54) is 11.1 Å². The molecule has 100 valence electrons. The molecule has 0 saturated carbocycles. The Morgan fingerprint density at radius 1 is 1.44 bits per heavy atom. The summed E-state index contributed by atoms with van der Waals surface area (Å²) >= 11 is 3.50. The number of benzene rings is 1. The normalized spacial score (nSPS) is 26.5. The number of rotatable bonds is 3. The minimum absolute atomic E-state index is 0.197. The Kier molecular flexibility index (Phi) is 3.86. The molecule has 0 bridgehead atoms. The molecule has 2 nitrogen and oxygen atoms in total. The third kappa shape index (κ3) is 2.24. The summed E-state index contributed by atoms with van der Waals surface area (Å²) in [7, 11) is 0. The summed E-state index contributed by atoms with van der Waals surface area (Å²) in [5.74, 6) is 0. The topological polar surface area (TPSA) is 46.2 Å². The van der Waals surface area contributed by atoms with Crippen molar-refractivity contribution in [1.29, 1.82) is 0 Å². The van der Waals surface area contributed by atoms with E-state index in [2.05, 4.69) is 48.0 Å². The van der Waals surface area contributed by atoms with Crippen LogP contribution in [0, 0.1) is 5.41 Å². The number of halogens is 1. The van der Waals surface area contributed by atoms with Gasteiger partial charge in [0.2, 0.25) is 0 Å². The van der Waals surface area contributed by atoms with E-state index in [4.69, 9.17) is 5.73 Å². The van der Waals surface area contributed by atoms with E-state index in [0.717, 1.165) is 30.2 Å². The predicted molar refractivity (Wildman–Crippen MR) is 78.6 cm³/mol. The molecule has 0 aliphatic heterocycles. The number of aliphatic hydroxyl groups is 1. The number of hydrogen-bond acceptors (Lipinski definition) is 2. The maximum absolute atomic E-state index is 11.0. The lowest BCUT2D eigenvalue weighted by Gasteiger charge is -2.47. The molecule has 2 atom stereocenters. The van der Waals surface area contributed by atoms with Gasteiger partial charge in [0.15, 0.2) is 0 Å². The van der Waals surface area contributed by atoms with Gasteiger partial charge in [-0.05, 0) is 42.5 Å². The molecule has 0 amide bonds. The van der Waals surface area contributed by atoms with Gasteiger partial charge >= 0.3 is 0 Å². The van der Waals surface area contributed by atoms with E-state index in [0.29, 0.717) is 6.54 Å². The Morgan fingerprint density at radius 3 is 2.78 bits per heavy atom. The van der Waals surface area contributed by atoms with Crippen LogP contribution in [0.1, 0.15) is 37.8 Å². The average molecular weight is 312 g/mol. The highest BCUT2D eigenvalue weighted by Gasteiger charge is 2.46. The summed E-state index contributed by atoms with van der Waals surface area (Å²) in [4.78, 5) is 0. The Morgan fingerprint density at radius 2 is 2.17 bits per heavy atom. The van der Waals surface area contributed by atoms with Crippen LogP contribution in [0.15, 0.2) is 22.7 Å². The van der Waals surface area contributed by atoms with Gasteiger partial charge in [0.25, 0.3) is 0 Å². The van der Waals surface area contributed by atoms with Gasteiger partial charge in [0, 0.05) is 22.9 Å². The monoisotopic (exact) mass is 311 g/mol. The zero-order chi connectivity index (χ0) is 13.4. The molecular formula is C15H22BrNO. The zero-order valence-corrected chi connectivity index (χ0v) is 12.8. The molecule has 0 spiro atoms. The minimum atomic E-state index is -0.669. The molecule has 1 aromatic carbocycles. The molecule has 3 heteroatoms. The molecular weight excluding hydrogens is 290 g/mol. The number of fused-ring (bicyclic) bond motifs is 1. The van der Waals surface area contributed by atoms with Gasteiger partial charge in [-0.15, -0.1) is 0 Å². The first-order valence-electron chi connectivity index (χ1n) is 6.64. The third-order valence-corrected chi connectivity index (χ3v) is 5.31. The fourth-order valence-corrected chi connectivity index (χ4v) is 3.33. The Bertz CT molecular complexity index is 442. The minimum Gasteiger partial charge on any atom is -0.389 e. The van der Waals surface area contributed by atoms with E-state index in [-0.39, 0.29) is 5.41 Å². The van der Waals surface area contributed by atoms with E-state index in [1.807, 2.05) is 0 Å². The van der Waals surface area contributed by atoms with E-state index >= 15 is 0 Å². The van der Waals surface area contributed by atoms with Gasteiger partial charge in [-0.2, -0.15) is 0 Å². The number of hydrogen-bond donors (Lipinski definition) is 2. The molecule has 0 saturated heterocycles. The van der Waals surface area contributed by atoms with Crippen LogP contribution in [0.25, 0.3) is 0 Å². The molecule has 2 unspecified atom stereocenters. The molecule has 0 heterocycles. The lowest BCUT2D eigenvalue weighted by atomic mass is 9.63. The number of aryl methyl sites for hydroxylation is 1. The Labute approximate surface area is 118 Å². The molecule has 1 aliphatic rings. The summed E-state index contributed by atoms with van der Waals surface area (Å²) in [6, 6.07) is 6.34. The second-order valence-corrected chi connectivity index (χ2v) is 6.66. The average Bonchev–Trinajstić information content (AvgIpc) is 2.38. The Balaban J connectivity index is 2.33. The zero-order valence-electron chi connectivity index (χ0n) is 11.2. The van der Waals surface area contributed by atoms with Gasteiger partial charge in [0.1, 0.15) is 0 Å². The van der Waals surface area contributed by atoms with Gasteiger partial charge < -0.3 is 10.8 Å². The van der Waals surface area contributed by atoms with Crippen molar-refractivity contribution in [2.24, 2.45) is 11.1 Å². The first-order chi connectivity index (χ1) is 8.44. The van der Waals surface area contributed by atoms with E-state index < -0.39 is 5.60 Å². The smallest absolute Gasteiger partial charge is 0.0756 e. The standard InChI is InChI=1S/C15H22BrNO/c1-3-14(2,10-17)15(18)7-6-11-8-13(16)5-4-12(11)9-15/h4-5,8,18H,3,6-7,9-10,17H2,1-2H3. The molecule has 0 aromatic heterocycles. The number of nitrogens with two attached hydrogens (primary N) is 1. The van der Waals surface area contributed by atoms with Crippen molar-refractivity contribution >= 4 is 15.9 Å². The summed E-state index contributed by atoms with van der Waals surface area (Å²) in [6.07, 6.45) is 3.36. The summed E-state index contributed by atoms with van der Waals surface area (Å²) in [6.45, 7) is 4.75. The van der Waals surface area contributed by atoms with E-state index in [9.17, 15) is 5.11 Å². The van der Waals surface area contributed by atoms with Crippen molar-refractivity contribution < 1.29 is 5.11 Å². The van der Waals surface area contributed by atoms with E-state index in [1.54, 1.807) is 0 Å². The summed E-state index contributed by atoms with van der Waals surface area (Å²) in [5, 5.41) is 11.0. The highest BCUT2D eigenvalue weighted by atomic mass is 79.9. The van der Waals surface area contributed by atoms with Gasteiger partial charge in [-0.1, -0.05) is 35.8 Å². The Hall–Kier alpha value is -0.380. The molecule has 1 aromatic rings.